The van der Waals surface area contributed by atoms with E-state index in [0.717, 1.165) is 0 Å². The molecular formula is AuCrCuPdTi. The van der Waals surface area contributed by atoms with Gasteiger partial charge in [-0.1, -0.05) is 0 Å². The second kappa shape index (κ2) is 27.2. The molecule has 5 heavy (non-hydrogen) atoms. The summed E-state index contributed by atoms with van der Waals surface area (Å²) in [4.78, 5) is 0. The number of rotatable bonds is 0. The van der Waals surface area contributed by atoms with Gasteiger partial charge in [0.15, 0.2) is 0 Å². The first kappa shape index (κ1) is 41.8. The summed E-state index contributed by atoms with van der Waals surface area (Å²) in [6.07, 6.45) is 0. The predicted octanol–water partition coefficient (Wildman–Crippen LogP) is -0.0125. The Labute approximate surface area is 97.3 Å². The SMILES string of the molecule is [Au].[Cr].[Cu].[Pd].[Ti]. The van der Waals surface area contributed by atoms with Gasteiger partial charge in [0.1, 0.15) is 0 Å². The van der Waals surface area contributed by atoms with E-state index in [4.69, 9.17) is 0 Å². The third kappa shape index (κ3) is 19.1. The molecule has 0 saturated carbocycles. The van der Waals surface area contributed by atoms with Crippen LogP contribution in [0.5, 0.6) is 0 Å². The standard InChI is InChI=1S/Au.Cr.Cu.Pd.Ti. The van der Waals surface area contributed by atoms with Gasteiger partial charge in [-0.25, -0.2) is 0 Å². The summed E-state index contributed by atoms with van der Waals surface area (Å²) in [6.45, 7) is 0. The minimum Gasteiger partial charge on any atom is 0 e. The molecule has 42 valence electrons. The fourth-order valence-corrected chi connectivity index (χ4v) is 0. The molecule has 0 aromatic carbocycles. The van der Waals surface area contributed by atoms with Crippen molar-refractivity contribution in [2.24, 2.45) is 0 Å². The van der Waals surface area contributed by atoms with Crippen molar-refractivity contribution in [3.63, 3.8) is 0 Å². The predicted molar refractivity (Wildman–Crippen MR) is 0 cm³/mol. The van der Waals surface area contributed by atoms with Gasteiger partial charge < -0.3 is 0 Å². The van der Waals surface area contributed by atoms with E-state index in [1.165, 1.54) is 0 Å². The van der Waals surface area contributed by atoms with Crippen molar-refractivity contribution in [1.29, 1.82) is 0 Å². The maximum atomic E-state index is 0. The van der Waals surface area contributed by atoms with Crippen LogP contribution in [-0.4, -0.2) is 0 Å². The van der Waals surface area contributed by atoms with E-state index in [-0.39, 0.29) is 99.0 Å². The third-order valence-electron chi connectivity index (χ3n) is 0. The van der Waals surface area contributed by atoms with E-state index < -0.39 is 0 Å². The summed E-state index contributed by atoms with van der Waals surface area (Å²) in [5, 5.41) is 0. The fraction of sp³-hybridized carbons (Fsp3) is 0. The molecule has 0 spiro atoms. The second-order valence-electron chi connectivity index (χ2n) is 0. The monoisotopic (exact) mass is 466 g/mol. The molecule has 0 amide bonds. The van der Waals surface area contributed by atoms with Crippen LogP contribution in [0.25, 0.3) is 0 Å². The van der Waals surface area contributed by atoms with E-state index in [0.29, 0.717) is 0 Å². The van der Waals surface area contributed by atoms with Crippen molar-refractivity contribution in [2.75, 3.05) is 0 Å². The molecule has 0 aromatic heterocycles. The second-order valence-corrected chi connectivity index (χ2v) is 0. The summed E-state index contributed by atoms with van der Waals surface area (Å²) in [7, 11) is 0. The van der Waals surface area contributed by atoms with Crippen LogP contribution in [0.15, 0.2) is 0 Å². The van der Waals surface area contributed by atoms with Crippen LogP contribution in [0.2, 0.25) is 0 Å². The van der Waals surface area contributed by atoms with Gasteiger partial charge in [-0.2, -0.15) is 0 Å². The molecule has 0 aromatic rings. The van der Waals surface area contributed by atoms with E-state index in [1.807, 2.05) is 0 Å². The molecule has 0 N–H and O–H groups in total. The number of hydrogen-bond acceptors (Lipinski definition) is 0. The summed E-state index contributed by atoms with van der Waals surface area (Å²) in [5.74, 6) is 0. The zero-order chi connectivity index (χ0) is 0. The van der Waals surface area contributed by atoms with E-state index in [9.17, 15) is 0 Å². The normalized spacial score (nSPS) is 0. The van der Waals surface area contributed by atoms with Crippen molar-refractivity contribution < 1.29 is 99.0 Å². The fourth-order valence-electron chi connectivity index (χ4n) is 0. The smallest absolute Gasteiger partial charge is 0 e. The van der Waals surface area contributed by atoms with Crippen molar-refractivity contribution >= 4 is 0 Å². The average molecular weight is 467 g/mol. The van der Waals surface area contributed by atoms with Crippen LogP contribution >= 0.6 is 0 Å². The Balaban J connectivity index is 0. The van der Waals surface area contributed by atoms with E-state index >= 15 is 0 Å². The van der Waals surface area contributed by atoms with Gasteiger partial charge in [0, 0.05) is 99.0 Å². The zero-order valence-corrected chi connectivity index (χ0v) is 9.33. The molecular weight excluding hydrogens is 467 g/mol. The quantitative estimate of drug-likeness (QED) is 0.441. The van der Waals surface area contributed by atoms with Crippen LogP contribution in [0.4, 0.5) is 0 Å². The van der Waals surface area contributed by atoms with Gasteiger partial charge in [0.25, 0.3) is 0 Å². The van der Waals surface area contributed by atoms with Gasteiger partial charge in [-0.3, -0.25) is 0 Å². The first-order chi connectivity index (χ1) is 0. The molecule has 0 atom stereocenters. The van der Waals surface area contributed by atoms with E-state index in [1.54, 1.807) is 0 Å². The van der Waals surface area contributed by atoms with Crippen LogP contribution in [0.3, 0.4) is 0 Å². The molecule has 0 aliphatic rings. The molecule has 0 nitrogen and oxygen atoms in total. The van der Waals surface area contributed by atoms with Crippen LogP contribution in [0, 0.1) is 0 Å². The molecule has 0 rings (SSSR count). The Kier molecular flexibility index (Phi) is 227. The van der Waals surface area contributed by atoms with Crippen LogP contribution in [0.1, 0.15) is 0 Å². The van der Waals surface area contributed by atoms with Gasteiger partial charge in [-0.05, 0) is 0 Å². The maximum Gasteiger partial charge on any atom is 0 e. The Bertz CT molecular complexity index is 11.6. The molecule has 5 heteroatoms. The molecule has 0 aliphatic carbocycles. The topological polar surface area (TPSA) is 0 Å². The van der Waals surface area contributed by atoms with Crippen molar-refractivity contribution in [2.45, 2.75) is 0 Å². The van der Waals surface area contributed by atoms with Crippen LogP contribution in [-0.2, 0) is 99.0 Å². The molecule has 0 fully saturated rings. The molecule has 0 heterocycles. The summed E-state index contributed by atoms with van der Waals surface area (Å²) in [6, 6.07) is 0. The summed E-state index contributed by atoms with van der Waals surface area (Å²) < 4.78 is 0. The first-order valence-corrected chi connectivity index (χ1v) is 0. The van der Waals surface area contributed by atoms with Gasteiger partial charge in [0.05, 0.1) is 0 Å². The molecule has 0 saturated heterocycles. The maximum absolute atomic E-state index is 0. The average Bonchev–Trinajstić information content (AvgIpc) is 0. The Hall–Kier alpha value is 3.17. The minimum atomic E-state index is 0. The molecule has 0 bridgehead atoms. The number of hydrogen-bond donors (Lipinski definition) is 0. The van der Waals surface area contributed by atoms with Crippen molar-refractivity contribution in [3.05, 3.63) is 0 Å². The Morgan fingerprint density at radius 1 is 1.00 bits per heavy atom. The van der Waals surface area contributed by atoms with Gasteiger partial charge in [0.2, 0.25) is 0 Å². The largest absolute Gasteiger partial charge is 0 e. The first-order valence-electron chi connectivity index (χ1n) is 0. The molecule has 0 unspecified atom stereocenters. The Morgan fingerprint density at radius 2 is 1.00 bits per heavy atom. The van der Waals surface area contributed by atoms with Crippen molar-refractivity contribution in [3.8, 4) is 0 Å². The molecule has 0 aliphatic heterocycles. The van der Waals surface area contributed by atoms with Gasteiger partial charge in [-0.15, -0.1) is 0 Å². The minimum absolute atomic E-state index is 0. The Morgan fingerprint density at radius 3 is 1.00 bits per heavy atom. The van der Waals surface area contributed by atoms with Gasteiger partial charge >= 0.3 is 0 Å². The summed E-state index contributed by atoms with van der Waals surface area (Å²) >= 11 is 0. The molecule has 2 radical (unpaired) electrons. The van der Waals surface area contributed by atoms with E-state index in [2.05, 4.69) is 0 Å². The van der Waals surface area contributed by atoms with Crippen molar-refractivity contribution in [1.82, 2.24) is 0 Å². The third-order valence-corrected chi connectivity index (χ3v) is 0. The van der Waals surface area contributed by atoms with Crippen LogP contribution < -0.4 is 0 Å². The summed E-state index contributed by atoms with van der Waals surface area (Å²) in [5.41, 5.74) is 0. The zero-order valence-electron chi connectivity index (χ0n) is 1.83.